The molecular weight excluding hydrogens is 140 g/mol. The molecule has 3 nitrogen and oxygen atoms in total. The number of hydrogen-bond acceptors (Lipinski definition) is 3. The summed E-state index contributed by atoms with van der Waals surface area (Å²) < 4.78 is 4.74. The van der Waals surface area contributed by atoms with Gasteiger partial charge in [-0.3, -0.25) is 0 Å². The molecule has 0 aliphatic carbocycles. The van der Waals surface area contributed by atoms with Gasteiger partial charge in [0.2, 0.25) is 5.22 Å². The molecule has 9 heavy (non-hydrogen) atoms. The van der Waals surface area contributed by atoms with Crippen LogP contribution in [0.2, 0.25) is 5.22 Å². The van der Waals surface area contributed by atoms with Gasteiger partial charge in [0.1, 0.15) is 5.69 Å². The first-order valence-electron chi connectivity index (χ1n) is 2.64. The molecule has 0 bridgehead atoms. The topological polar surface area (TPSA) is 52.0 Å². The maximum absolute atomic E-state index is 5.54. The molecule has 0 saturated carbocycles. The minimum absolute atomic E-state index is 0.136. The number of hydrogen-bond donors (Lipinski definition) is 1. The number of aryl methyl sites for hydroxylation is 1. The Balaban J connectivity index is 3.01. The van der Waals surface area contributed by atoms with E-state index in [1.807, 2.05) is 6.92 Å². The van der Waals surface area contributed by atoms with E-state index < -0.39 is 0 Å². The molecule has 4 heteroatoms. The van der Waals surface area contributed by atoms with Crippen LogP contribution in [-0.4, -0.2) is 4.98 Å². The Hall–Kier alpha value is -0.700. The summed E-state index contributed by atoms with van der Waals surface area (Å²) in [5.41, 5.74) is 5.91. The second kappa shape index (κ2) is 2.27. The first kappa shape index (κ1) is 6.42. The van der Waals surface area contributed by atoms with Crippen molar-refractivity contribution in [3.63, 3.8) is 0 Å². The van der Waals surface area contributed by atoms with Gasteiger partial charge >= 0.3 is 0 Å². The van der Waals surface area contributed by atoms with E-state index in [4.69, 9.17) is 21.8 Å². The Morgan fingerprint density at radius 2 is 2.44 bits per heavy atom. The Morgan fingerprint density at radius 1 is 1.78 bits per heavy atom. The lowest BCUT2D eigenvalue weighted by molar-refractivity contribution is 0.580. The summed E-state index contributed by atoms with van der Waals surface area (Å²) >= 11 is 5.54. The van der Waals surface area contributed by atoms with Crippen LogP contribution in [0.1, 0.15) is 12.6 Å². The summed E-state index contributed by atoms with van der Waals surface area (Å²) in [6.45, 7) is 1.93. The monoisotopic (exact) mass is 146 g/mol. The van der Waals surface area contributed by atoms with Gasteiger partial charge in [-0.05, 0) is 18.0 Å². The minimum atomic E-state index is 0.136. The van der Waals surface area contributed by atoms with E-state index in [0.29, 0.717) is 10.9 Å². The Bertz CT molecular complexity index is 209. The lowest BCUT2D eigenvalue weighted by Crippen LogP contribution is -1.84. The highest BCUT2D eigenvalue weighted by Gasteiger charge is 2.04. The molecule has 0 aliphatic heterocycles. The van der Waals surface area contributed by atoms with Gasteiger partial charge in [0.15, 0.2) is 0 Å². The van der Waals surface area contributed by atoms with Crippen molar-refractivity contribution in [2.24, 2.45) is 0 Å². The van der Waals surface area contributed by atoms with Gasteiger partial charge in [-0.15, -0.1) is 0 Å². The third-order valence-corrected chi connectivity index (χ3v) is 1.30. The smallest absolute Gasteiger partial charge is 0.293 e. The summed E-state index contributed by atoms with van der Waals surface area (Å²) in [7, 11) is 0. The number of nitrogens with two attached hydrogens (primary N) is 1. The van der Waals surface area contributed by atoms with Crippen LogP contribution in [-0.2, 0) is 6.42 Å². The maximum Gasteiger partial charge on any atom is 0.293 e. The van der Waals surface area contributed by atoms with Crippen molar-refractivity contribution >= 4 is 17.6 Å². The molecule has 50 valence electrons. The number of halogens is 1. The minimum Gasteiger partial charge on any atom is -0.412 e. The van der Waals surface area contributed by atoms with Crippen molar-refractivity contribution in [2.75, 3.05) is 5.73 Å². The molecule has 0 aromatic carbocycles. The fraction of sp³-hybridized carbons (Fsp3) is 0.400. The Morgan fingerprint density at radius 3 is 2.67 bits per heavy atom. The fourth-order valence-corrected chi connectivity index (χ4v) is 0.823. The zero-order chi connectivity index (χ0) is 6.85. The van der Waals surface area contributed by atoms with Crippen LogP contribution in [0.4, 0.5) is 6.01 Å². The molecule has 0 spiro atoms. The van der Waals surface area contributed by atoms with Gasteiger partial charge in [0.25, 0.3) is 6.01 Å². The molecule has 0 saturated heterocycles. The number of oxazole rings is 1. The van der Waals surface area contributed by atoms with Crippen LogP contribution < -0.4 is 5.73 Å². The van der Waals surface area contributed by atoms with Gasteiger partial charge in [-0.25, -0.2) is 0 Å². The largest absolute Gasteiger partial charge is 0.412 e. The molecule has 1 aromatic heterocycles. The lowest BCUT2D eigenvalue weighted by Gasteiger charge is -1.81. The summed E-state index contributed by atoms with van der Waals surface area (Å²) in [6.07, 6.45) is 0.750. The highest BCUT2D eigenvalue weighted by molar-refractivity contribution is 6.29. The zero-order valence-electron chi connectivity index (χ0n) is 5.02. The number of anilines is 1. The molecule has 0 atom stereocenters. The van der Waals surface area contributed by atoms with E-state index >= 15 is 0 Å². The summed E-state index contributed by atoms with van der Waals surface area (Å²) in [4.78, 5) is 3.81. The van der Waals surface area contributed by atoms with E-state index in [-0.39, 0.29) is 6.01 Å². The number of nitrogens with zero attached hydrogens (tertiary/aromatic N) is 1. The predicted octanol–water partition coefficient (Wildman–Crippen LogP) is 1.47. The van der Waals surface area contributed by atoms with Gasteiger partial charge in [-0.1, -0.05) is 6.92 Å². The first-order chi connectivity index (χ1) is 4.24. The summed E-state index contributed by atoms with van der Waals surface area (Å²) in [5.74, 6) is 0. The summed E-state index contributed by atoms with van der Waals surface area (Å²) in [5, 5.41) is 0.301. The summed E-state index contributed by atoms with van der Waals surface area (Å²) in [6, 6.07) is 0.136. The van der Waals surface area contributed by atoms with Crippen molar-refractivity contribution in [1.82, 2.24) is 4.98 Å². The van der Waals surface area contributed by atoms with Crippen LogP contribution in [0.3, 0.4) is 0 Å². The van der Waals surface area contributed by atoms with E-state index in [9.17, 15) is 0 Å². The van der Waals surface area contributed by atoms with Crippen molar-refractivity contribution in [3.05, 3.63) is 10.9 Å². The normalized spacial score (nSPS) is 10.0. The Labute approximate surface area is 57.8 Å². The van der Waals surface area contributed by atoms with Crippen LogP contribution in [0.5, 0.6) is 0 Å². The molecular formula is C5H7ClN2O. The van der Waals surface area contributed by atoms with Gasteiger partial charge < -0.3 is 10.2 Å². The van der Waals surface area contributed by atoms with Crippen molar-refractivity contribution in [1.29, 1.82) is 0 Å². The van der Waals surface area contributed by atoms with Crippen molar-refractivity contribution in [2.45, 2.75) is 13.3 Å². The molecule has 1 aromatic rings. The average molecular weight is 147 g/mol. The second-order valence-electron chi connectivity index (χ2n) is 1.63. The predicted molar refractivity (Wildman–Crippen MR) is 35.3 cm³/mol. The SMILES string of the molecule is CCc1nc(N)oc1Cl. The number of aromatic nitrogens is 1. The lowest BCUT2D eigenvalue weighted by atomic mass is 10.4. The van der Waals surface area contributed by atoms with Crippen molar-refractivity contribution in [3.8, 4) is 0 Å². The van der Waals surface area contributed by atoms with Crippen molar-refractivity contribution < 1.29 is 4.42 Å². The number of nitrogen functional groups attached to an aromatic ring is 1. The fourth-order valence-electron chi connectivity index (χ4n) is 0.569. The molecule has 1 heterocycles. The first-order valence-corrected chi connectivity index (χ1v) is 3.02. The Kier molecular flexibility index (Phi) is 1.62. The molecule has 0 unspecified atom stereocenters. The molecule has 1 rings (SSSR count). The number of rotatable bonds is 1. The van der Waals surface area contributed by atoms with Crippen LogP contribution in [0.15, 0.2) is 4.42 Å². The maximum atomic E-state index is 5.54. The standard InChI is InChI=1S/C5H7ClN2O/c1-2-3-4(6)9-5(7)8-3/h2H2,1H3,(H2,7,8). The quantitative estimate of drug-likeness (QED) is 0.653. The third-order valence-electron chi connectivity index (χ3n) is 1.00. The third kappa shape index (κ3) is 1.16. The highest BCUT2D eigenvalue weighted by atomic mass is 35.5. The molecule has 0 fully saturated rings. The van der Waals surface area contributed by atoms with E-state index in [0.717, 1.165) is 6.42 Å². The zero-order valence-corrected chi connectivity index (χ0v) is 5.77. The molecule has 0 amide bonds. The second-order valence-corrected chi connectivity index (χ2v) is 1.97. The van der Waals surface area contributed by atoms with Crippen LogP contribution in [0.25, 0.3) is 0 Å². The molecule has 0 aliphatic rings. The van der Waals surface area contributed by atoms with Crippen LogP contribution in [0, 0.1) is 0 Å². The van der Waals surface area contributed by atoms with E-state index in [1.54, 1.807) is 0 Å². The molecule has 2 N–H and O–H groups in total. The van der Waals surface area contributed by atoms with Crippen LogP contribution >= 0.6 is 11.6 Å². The highest BCUT2D eigenvalue weighted by Crippen LogP contribution is 2.17. The average Bonchev–Trinajstić information content (AvgIpc) is 2.10. The van der Waals surface area contributed by atoms with E-state index in [1.165, 1.54) is 0 Å². The molecule has 0 radical (unpaired) electrons. The van der Waals surface area contributed by atoms with E-state index in [2.05, 4.69) is 4.98 Å². The van der Waals surface area contributed by atoms with Gasteiger partial charge in [0.05, 0.1) is 0 Å². The van der Waals surface area contributed by atoms with Gasteiger partial charge in [0, 0.05) is 0 Å². The van der Waals surface area contributed by atoms with Gasteiger partial charge in [-0.2, -0.15) is 4.98 Å².